The molecule has 0 bridgehead atoms. The third kappa shape index (κ3) is 2.36. The smallest absolute Gasteiger partial charge is 0.251 e. The number of pyridine rings is 1. The second kappa shape index (κ2) is 5.57. The summed E-state index contributed by atoms with van der Waals surface area (Å²) in [6.07, 6.45) is 3.59. The summed E-state index contributed by atoms with van der Waals surface area (Å²) in [4.78, 5) is 16.3. The van der Waals surface area contributed by atoms with Crippen molar-refractivity contribution in [2.45, 2.75) is 13.5 Å². The van der Waals surface area contributed by atoms with E-state index in [0.29, 0.717) is 12.1 Å². The van der Waals surface area contributed by atoms with Crippen molar-refractivity contribution in [1.29, 1.82) is 0 Å². The van der Waals surface area contributed by atoms with Gasteiger partial charge in [-0.15, -0.1) is 0 Å². The molecule has 0 radical (unpaired) electrons. The van der Waals surface area contributed by atoms with E-state index < -0.39 is 0 Å². The summed E-state index contributed by atoms with van der Waals surface area (Å²) in [5, 5.41) is 2.85. The molecule has 1 aliphatic rings. The van der Waals surface area contributed by atoms with Gasteiger partial charge in [-0.25, -0.2) is 4.39 Å². The fraction of sp³-hybridized carbons (Fsp3) is 0.100. The molecular formula is C20H15FN2O. The highest BCUT2D eigenvalue weighted by Gasteiger charge is 2.22. The lowest BCUT2D eigenvalue weighted by Crippen LogP contribution is -2.12. The number of hydrogen-bond acceptors (Lipinski definition) is 2. The van der Waals surface area contributed by atoms with Gasteiger partial charge in [0, 0.05) is 30.1 Å². The van der Waals surface area contributed by atoms with E-state index in [4.69, 9.17) is 0 Å². The number of fused-ring (bicyclic) bond motifs is 1. The largest absolute Gasteiger partial charge is 0.348 e. The molecule has 1 N–H and O–H groups in total. The number of carbonyl (C=O) groups excluding carboxylic acids is 1. The van der Waals surface area contributed by atoms with Crippen LogP contribution < -0.4 is 5.32 Å². The second-order valence-electron chi connectivity index (χ2n) is 5.94. The van der Waals surface area contributed by atoms with Gasteiger partial charge in [-0.3, -0.25) is 9.78 Å². The number of nitrogens with zero attached hydrogens (tertiary/aromatic N) is 1. The summed E-state index contributed by atoms with van der Waals surface area (Å²) >= 11 is 0. The van der Waals surface area contributed by atoms with E-state index in [1.165, 1.54) is 12.1 Å². The van der Waals surface area contributed by atoms with Gasteiger partial charge < -0.3 is 5.32 Å². The Bertz CT molecular complexity index is 948. The lowest BCUT2D eigenvalue weighted by molar-refractivity contribution is 0.0966. The minimum atomic E-state index is -0.281. The normalized spacial score (nSPS) is 12.8. The van der Waals surface area contributed by atoms with Crippen molar-refractivity contribution in [3.8, 4) is 22.3 Å². The third-order valence-electron chi connectivity index (χ3n) is 4.41. The SMILES string of the molecule is Cc1ccncc1-c1cc2c(cc1-c1ccc(F)cc1)C(=O)NC2. The van der Waals surface area contributed by atoms with Crippen LogP contribution in [0.4, 0.5) is 4.39 Å². The molecule has 1 aliphatic heterocycles. The first-order valence-corrected chi connectivity index (χ1v) is 7.75. The molecule has 3 aromatic rings. The Labute approximate surface area is 139 Å². The molecule has 1 aromatic heterocycles. The average Bonchev–Trinajstić information content (AvgIpc) is 2.95. The van der Waals surface area contributed by atoms with Gasteiger partial charge in [0.05, 0.1) is 0 Å². The van der Waals surface area contributed by atoms with Crippen LogP contribution in [0.15, 0.2) is 54.9 Å². The van der Waals surface area contributed by atoms with Crippen LogP contribution in [0.3, 0.4) is 0 Å². The molecule has 24 heavy (non-hydrogen) atoms. The molecule has 0 fully saturated rings. The van der Waals surface area contributed by atoms with Crippen LogP contribution in [0.5, 0.6) is 0 Å². The number of aromatic nitrogens is 1. The quantitative estimate of drug-likeness (QED) is 0.773. The van der Waals surface area contributed by atoms with E-state index in [2.05, 4.69) is 10.3 Å². The van der Waals surface area contributed by atoms with Crippen LogP contribution in [0, 0.1) is 12.7 Å². The van der Waals surface area contributed by atoms with Crippen molar-refractivity contribution in [1.82, 2.24) is 10.3 Å². The maximum atomic E-state index is 13.3. The standard InChI is InChI=1S/C20H15FN2O/c1-12-6-7-22-11-19(12)18-8-14-10-23-20(24)17(14)9-16(18)13-2-4-15(21)5-3-13/h2-9,11H,10H2,1H3,(H,23,24). The van der Waals surface area contributed by atoms with E-state index in [0.717, 1.165) is 33.4 Å². The van der Waals surface area contributed by atoms with Gasteiger partial charge >= 0.3 is 0 Å². The Morgan fingerprint density at radius 1 is 1.00 bits per heavy atom. The highest BCUT2D eigenvalue weighted by molar-refractivity contribution is 6.01. The lowest BCUT2D eigenvalue weighted by Gasteiger charge is -2.14. The zero-order valence-electron chi connectivity index (χ0n) is 13.1. The molecule has 0 saturated heterocycles. The molecule has 3 nitrogen and oxygen atoms in total. The van der Waals surface area contributed by atoms with Crippen molar-refractivity contribution < 1.29 is 9.18 Å². The number of nitrogens with one attached hydrogen (secondary N) is 1. The van der Waals surface area contributed by atoms with E-state index in [9.17, 15) is 9.18 Å². The van der Waals surface area contributed by atoms with Crippen LogP contribution in [0.1, 0.15) is 21.5 Å². The summed E-state index contributed by atoms with van der Waals surface area (Å²) in [5.74, 6) is -0.348. The van der Waals surface area contributed by atoms with Crippen molar-refractivity contribution >= 4 is 5.91 Å². The molecule has 0 unspecified atom stereocenters. The number of hydrogen-bond donors (Lipinski definition) is 1. The zero-order chi connectivity index (χ0) is 16.7. The van der Waals surface area contributed by atoms with E-state index in [1.54, 1.807) is 18.3 Å². The molecule has 118 valence electrons. The lowest BCUT2D eigenvalue weighted by atomic mass is 9.90. The summed E-state index contributed by atoms with van der Waals surface area (Å²) in [5.41, 5.74) is 6.55. The number of carbonyl (C=O) groups is 1. The van der Waals surface area contributed by atoms with Crippen molar-refractivity contribution in [3.05, 3.63) is 77.4 Å². The van der Waals surface area contributed by atoms with Crippen molar-refractivity contribution in [3.63, 3.8) is 0 Å². The Morgan fingerprint density at radius 3 is 2.54 bits per heavy atom. The number of benzene rings is 2. The molecule has 1 amide bonds. The van der Waals surface area contributed by atoms with Crippen LogP contribution in [-0.2, 0) is 6.54 Å². The maximum absolute atomic E-state index is 13.3. The van der Waals surface area contributed by atoms with E-state index >= 15 is 0 Å². The Morgan fingerprint density at radius 2 is 1.79 bits per heavy atom. The van der Waals surface area contributed by atoms with Crippen LogP contribution in [0.2, 0.25) is 0 Å². The van der Waals surface area contributed by atoms with Gasteiger partial charge in [0.2, 0.25) is 0 Å². The Balaban J connectivity index is 2.00. The van der Waals surface area contributed by atoms with Gasteiger partial charge in [-0.05, 0) is 65.1 Å². The number of rotatable bonds is 2. The number of halogens is 1. The number of amides is 1. The highest BCUT2D eigenvalue weighted by Crippen LogP contribution is 2.37. The fourth-order valence-electron chi connectivity index (χ4n) is 3.11. The first-order chi connectivity index (χ1) is 11.6. The van der Waals surface area contributed by atoms with Crippen LogP contribution >= 0.6 is 0 Å². The molecule has 0 atom stereocenters. The number of aryl methyl sites for hydroxylation is 1. The van der Waals surface area contributed by atoms with Gasteiger partial charge in [-0.2, -0.15) is 0 Å². The average molecular weight is 318 g/mol. The first-order valence-electron chi connectivity index (χ1n) is 7.75. The fourth-order valence-corrected chi connectivity index (χ4v) is 3.11. The van der Waals surface area contributed by atoms with Gasteiger partial charge in [0.25, 0.3) is 5.91 Å². The maximum Gasteiger partial charge on any atom is 0.251 e. The molecule has 4 heteroatoms. The molecule has 0 spiro atoms. The predicted molar refractivity (Wildman–Crippen MR) is 91.0 cm³/mol. The van der Waals surface area contributed by atoms with Gasteiger partial charge in [0.1, 0.15) is 5.82 Å². The molecule has 0 saturated carbocycles. The summed E-state index contributed by atoms with van der Waals surface area (Å²) in [7, 11) is 0. The van der Waals surface area contributed by atoms with Crippen molar-refractivity contribution in [2.75, 3.05) is 0 Å². The van der Waals surface area contributed by atoms with E-state index in [1.807, 2.05) is 31.3 Å². The first kappa shape index (κ1) is 14.6. The summed E-state index contributed by atoms with van der Waals surface area (Å²) in [6, 6.07) is 12.2. The monoisotopic (exact) mass is 318 g/mol. The molecule has 4 rings (SSSR count). The summed E-state index contributed by atoms with van der Waals surface area (Å²) < 4.78 is 13.3. The molecular weight excluding hydrogens is 303 g/mol. The topological polar surface area (TPSA) is 42.0 Å². The van der Waals surface area contributed by atoms with Gasteiger partial charge in [0.15, 0.2) is 0 Å². The third-order valence-corrected chi connectivity index (χ3v) is 4.41. The molecule has 0 aliphatic carbocycles. The van der Waals surface area contributed by atoms with Gasteiger partial charge in [-0.1, -0.05) is 12.1 Å². The Hall–Kier alpha value is -3.01. The van der Waals surface area contributed by atoms with Crippen LogP contribution in [-0.4, -0.2) is 10.9 Å². The second-order valence-corrected chi connectivity index (χ2v) is 5.94. The zero-order valence-corrected chi connectivity index (χ0v) is 13.1. The molecule has 2 heterocycles. The summed E-state index contributed by atoms with van der Waals surface area (Å²) in [6.45, 7) is 2.56. The highest BCUT2D eigenvalue weighted by atomic mass is 19.1. The van der Waals surface area contributed by atoms with Crippen LogP contribution in [0.25, 0.3) is 22.3 Å². The Kier molecular flexibility index (Phi) is 3.38. The minimum absolute atomic E-state index is 0.0668. The molecule has 2 aromatic carbocycles. The van der Waals surface area contributed by atoms with E-state index in [-0.39, 0.29) is 11.7 Å². The predicted octanol–water partition coefficient (Wildman–Crippen LogP) is 4.11. The minimum Gasteiger partial charge on any atom is -0.348 e. The van der Waals surface area contributed by atoms with Crippen molar-refractivity contribution in [2.24, 2.45) is 0 Å².